The Bertz CT molecular complexity index is 1070. The van der Waals surface area contributed by atoms with Gasteiger partial charge in [-0.3, -0.25) is 4.79 Å². The molecule has 3 aromatic rings. The van der Waals surface area contributed by atoms with E-state index in [0.717, 1.165) is 11.5 Å². The number of anilines is 2. The van der Waals surface area contributed by atoms with Crippen LogP contribution >= 0.6 is 11.5 Å². The van der Waals surface area contributed by atoms with Gasteiger partial charge in [-0.05, 0) is 56.1 Å². The molecule has 2 heterocycles. The number of amides is 1. The average molecular weight is 407 g/mol. The van der Waals surface area contributed by atoms with Crippen LogP contribution in [0.5, 0.6) is 0 Å². The first-order valence-corrected chi connectivity index (χ1v) is 10.3. The van der Waals surface area contributed by atoms with E-state index in [9.17, 15) is 13.2 Å². The van der Waals surface area contributed by atoms with Crippen molar-refractivity contribution in [3.63, 3.8) is 0 Å². The van der Waals surface area contributed by atoms with E-state index < -0.39 is 10.0 Å². The Hall–Kier alpha value is -2.79. The molecule has 2 N–H and O–H groups in total. The fraction of sp³-hybridized carbons (Fsp3) is 0.250. The zero-order valence-electron chi connectivity index (χ0n) is 14.8. The first-order chi connectivity index (χ1) is 12.8. The molecule has 1 aromatic carbocycles. The van der Waals surface area contributed by atoms with Gasteiger partial charge in [0, 0.05) is 11.3 Å². The summed E-state index contributed by atoms with van der Waals surface area (Å²) in [5.74, 6) is -0.252. The van der Waals surface area contributed by atoms with E-state index in [-0.39, 0.29) is 16.7 Å². The molecular weight excluding hydrogens is 390 g/mol. The Balaban J connectivity index is 1.74. The number of sulfonamides is 1. The van der Waals surface area contributed by atoms with E-state index >= 15 is 0 Å². The standard InChI is InChI=1S/C16H17N5O4S2/c1-4-13-14(26-21-18-13)15(22)17-11-5-7-12(8-6-11)27(23,24)20-16-9(2)10(3)19-25-16/h5-8,20H,4H2,1-3H3,(H,17,22). The summed E-state index contributed by atoms with van der Waals surface area (Å²) in [5.41, 5.74) is 2.31. The van der Waals surface area contributed by atoms with Gasteiger partial charge in [0.05, 0.1) is 16.3 Å². The summed E-state index contributed by atoms with van der Waals surface area (Å²) in [5, 5.41) is 10.3. The predicted octanol–water partition coefficient (Wildman–Crippen LogP) is 2.76. The maximum absolute atomic E-state index is 12.5. The minimum absolute atomic E-state index is 0.0302. The molecule has 0 saturated heterocycles. The van der Waals surface area contributed by atoms with Crippen molar-refractivity contribution in [3.05, 3.63) is 46.1 Å². The van der Waals surface area contributed by atoms with E-state index in [1.54, 1.807) is 13.8 Å². The van der Waals surface area contributed by atoms with Gasteiger partial charge in [-0.15, -0.1) is 5.10 Å². The van der Waals surface area contributed by atoms with E-state index in [1.807, 2.05) is 6.92 Å². The van der Waals surface area contributed by atoms with Crippen LogP contribution in [0.25, 0.3) is 0 Å². The van der Waals surface area contributed by atoms with Crippen LogP contribution in [0.15, 0.2) is 33.7 Å². The Kier molecular flexibility index (Phi) is 5.24. The molecule has 0 aliphatic heterocycles. The summed E-state index contributed by atoms with van der Waals surface area (Å²) in [4.78, 5) is 12.8. The molecule has 0 radical (unpaired) electrons. The molecule has 0 fully saturated rings. The number of nitrogens with zero attached hydrogens (tertiary/aromatic N) is 3. The third-order valence-corrected chi connectivity index (χ3v) is 6.02. The monoisotopic (exact) mass is 407 g/mol. The summed E-state index contributed by atoms with van der Waals surface area (Å²) in [6.45, 7) is 5.32. The molecular formula is C16H17N5O4S2. The van der Waals surface area contributed by atoms with Crippen LogP contribution in [0.2, 0.25) is 0 Å². The maximum Gasteiger partial charge on any atom is 0.269 e. The highest BCUT2D eigenvalue weighted by atomic mass is 32.2. The second-order valence-corrected chi connectivity index (χ2v) is 8.14. The molecule has 27 heavy (non-hydrogen) atoms. The minimum atomic E-state index is -3.84. The summed E-state index contributed by atoms with van der Waals surface area (Å²) < 4.78 is 36.1. The van der Waals surface area contributed by atoms with Crippen LogP contribution in [-0.4, -0.2) is 29.1 Å². The highest BCUT2D eigenvalue weighted by Gasteiger charge is 2.20. The van der Waals surface area contributed by atoms with Crippen molar-refractivity contribution in [1.82, 2.24) is 14.7 Å². The average Bonchev–Trinajstić information content (AvgIpc) is 3.24. The van der Waals surface area contributed by atoms with Crippen LogP contribution < -0.4 is 10.0 Å². The molecule has 2 aromatic heterocycles. The lowest BCUT2D eigenvalue weighted by Crippen LogP contribution is -2.14. The fourth-order valence-electron chi connectivity index (χ4n) is 2.21. The Morgan fingerprint density at radius 3 is 2.52 bits per heavy atom. The van der Waals surface area contributed by atoms with E-state index in [4.69, 9.17) is 4.52 Å². The number of nitrogens with one attached hydrogen (secondary N) is 2. The molecule has 11 heteroatoms. The zero-order chi connectivity index (χ0) is 19.6. The van der Waals surface area contributed by atoms with Crippen LogP contribution in [0.3, 0.4) is 0 Å². The van der Waals surface area contributed by atoms with Gasteiger partial charge in [0.25, 0.3) is 15.9 Å². The van der Waals surface area contributed by atoms with Gasteiger partial charge in [0.1, 0.15) is 4.88 Å². The molecule has 0 bridgehead atoms. The molecule has 0 saturated carbocycles. The molecule has 0 spiro atoms. The van der Waals surface area contributed by atoms with Gasteiger partial charge in [-0.2, -0.15) is 0 Å². The number of rotatable bonds is 6. The second-order valence-electron chi connectivity index (χ2n) is 5.71. The van der Waals surface area contributed by atoms with Crippen molar-refractivity contribution in [2.45, 2.75) is 32.1 Å². The molecule has 0 atom stereocenters. The highest BCUT2D eigenvalue weighted by Crippen LogP contribution is 2.23. The molecule has 3 rings (SSSR count). The number of carbonyl (C=O) groups excluding carboxylic acids is 1. The van der Waals surface area contributed by atoms with Crippen molar-refractivity contribution in [2.75, 3.05) is 10.0 Å². The SMILES string of the molecule is CCc1nnsc1C(=O)Nc1ccc(S(=O)(=O)Nc2onc(C)c2C)cc1. The normalized spacial score (nSPS) is 11.4. The van der Waals surface area contributed by atoms with Crippen LogP contribution in [0.1, 0.15) is 33.5 Å². The van der Waals surface area contributed by atoms with Gasteiger partial charge < -0.3 is 9.84 Å². The first kappa shape index (κ1) is 19.0. The molecule has 0 unspecified atom stereocenters. The third kappa shape index (κ3) is 3.98. The number of aryl methyl sites for hydroxylation is 2. The topological polar surface area (TPSA) is 127 Å². The van der Waals surface area contributed by atoms with Crippen molar-refractivity contribution >= 4 is 39.0 Å². The lowest BCUT2D eigenvalue weighted by Gasteiger charge is -2.08. The van der Waals surface area contributed by atoms with E-state index in [0.29, 0.717) is 33.9 Å². The summed E-state index contributed by atoms with van der Waals surface area (Å²) >= 11 is 1.02. The number of benzene rings is 1. The Morgan fingerprint density at radius 2 is 1.93 bits per heavy atom. The molecule has 142 valence electrons. The first-order valence-electron chi connectivity index (χ1n) is 8.00. The van der Waals surface area contributed by atoms with Crippen LogP contribution in [-0.2, 0) is 16.4 Å². The zero-order valence-corrected chi connectivity index (χ0v) is 16.4. The highest BCUT2D eigenvalue weighted by molar-refractivity contribution is 7.92. The number of carbonyl (C=O) groups is 1. The third-order valence-electron chi connectivity index (χ3n) is 3.90. The van der Waals surface area contributed by atoms with Gasteiger partial charge in [0.15, 0.2) is 0 Å². The fourth-order valence-corrected chi connectivity index (χ4v) is 3.90. The summed E-state index contributed by atoms with van der Waals surface area (Å²) in [6.07, 6.45) is 0.600. The largest absolute Gasteiger partial charge is 0.337 e. The number of hydrogen-bond donors (Lipinski definition) is 2. The van der Waals surface area contributed by atoms with Crippen molar-refractivity contribution in [1.29, 1.82) is 0 Å². The lowest BCUT2D eigenvalue weighted by atomic mass is 10.2. The second kappa shape index (κ2) is 7.45. The predicted molar refractivity (Wildman–Crippen MR) is 100 cm³/mol. The van der Waals surface area contributed by atoms with E-state index in [2.05, 4.69) is 24.8 Å². The van der Waals surface area contributed by atoms with Gasteiger partial charge in [0.2, 0.25) is 5.88 Å². The van der Waals surface area contributed by atoms with Crippen LogP contribution in [0, 0.1) is 13.8 Å². The van der Waals surface area contributed by atoms with Gasteiger partial charge >= 0.3 is 0 Å². The van der Waals surface area contributed by atoms with Gasteiger partial charge in [-0.1, -0.05) is 16.6 Å². The van der Waals surface area contributed by atoms with Crippen LogP contribution in [0.4, 0.5) is 11.6 Å². The quantitative estimate of drug-likeness (QED) is 0.643. The summed E-state index contributed by atoms with van der Waals surface area (Å²) in [7, 11) is -3.84. The minimum Gasteiger partial charge on any atom is -0.337 e. The molecule has 0 aliphatic rings. The molecule has 9 nitrogen and oxygen atoms in total. The van der Waals surface area contributed by atoms with Crippen molar-refractivity contribution < 1.29 is 17.7 Å². The number of hydrogen-bond acceptors (Lipinski definition) is 8. The Labute approximate surface area is 160 Å². The number of aromatic nitrogens is 3. The van der Waals surface area contributed by atoms with E-state index in [1.165, 1.54) is 24.3 Å². The van der Waals surface area contributed by atoms with Crippen molar-refractivity contribution in [2.24, 2.45) is 0 Å². The smallest absolute Gasteiger partial charge is 0.269 e. The molecule has 0 aliphatic carbocycles. The lowest BCUT2D eigenvalue weighted by molar-refractivity contribution is 0.102. The maximum atomic E-state index is 12.5. The van der Waals surface area contributed by atoms with Crippen molar-refractivity contribution in [3.8, 4) is 0 Å². The summed E-state index contributed by atoms with van der Waals surface area (Å²) in [6, 6.07) is 5.79. The molecule has 1 amide bonds. The van der Waals surface area contributed by atoms with Gasteiger partial charge in [-0.25, -0.2) is 13.1 Å². The Morgan fingerprint density at radius 1 is 1.22 bits per heavy atom.